The third-order valence-electron chi connectivity index (χ3n) is 6.39. The monoisotopic (exact) mass is 495 g/mol. The summed E-state index contributed by atoms with van der Waals surface area (Å²) in [6.07, 6.45) is 7.26. The molecule has 4 aromatic rings. The van der Waals surface area contributed by atoms with Gasteiger partial charge in [-0.15, -0.1) is 21.5 Å². The van der Waals surface area contributed by atoms with E-state index >= 15 is 0 Å². The lowest BCUT2D eigenvalue weighted by Crippen LogP contribution is -2.16. The summed E-state index contributed by atoms with van der Waals surface area (Å²) in [6.45, 7) is 3.94. The van der Waals surface area contributed by atoms with Crippen molar-refractivity contribution in [3.63, 3.8) is 0 Å². The number of halogens is 1. The van der Waals surface area contributed by atoms with E-state index in [0.29, 0.717) is 22.1 Å². The van der Waals surface area contributed by atoms with E-state index in [1.54, 1.807) is 29.7 Å². The molecule has 0 spiro atoms. The summed E-state index contributed by atoms with van der Waals surface area (Å²) >= 11 is 2.92. The number of rotatable bonds is 7. The highest BCUT2D eigenvalue weighted by atomic mass is 32.2. The lowest BCUT2D eigenvalue weighted by atomic mass is 9.95. The van der Waals surface area contributed by atoms with Crippen LogP contribution < -0.4 is 0 Å². The molecule has 34 heavy (non-hydrogen) atoms. The first kappa shape index (κ1) is 23.0. The van der Waals surface area contributed by atoms with Gasteiger partial charge in [-0.25, -0.2) is 9.37 Å². The predicted molar refractivity (Wildman–Crippen MR) is 134 cm³/mol. The molecule has 0 radical (unpaired) electrons. The summed E-state index contributed by atoms with van der Waals surface area (Å²) in [6, 6.07) is 8.82. The molecule has 0 amide bonds. The normalized spacial score (nSPS) is 14.6. The number of carbonyl (C=O) groups is 1. The quantitative estimate of drug-likeness (QED) is 0.218. The van der Waals surface area contributed by atoms with Crippen molar-refractivity contribution in [1.29, 1.82) is 0 Å². The van der Waals surface area contributed by atoms with Crippen molar-refractivity contribution in [1.82, 2.24) is 24.3 Å². The minimum atomic E-state index is -0.311. The van der Waals surface area contributed by atoms with E-state index in [0.717, 1.165) is 42.2 Å². The fraction of sp³-hybridized carbons (Fsp3) is 0.360. The molecule has 9 heteroatoms. The highest BCUT2D eigenvalue weighted by Crippen LogP contribution is 2.36. The first-order valence-electron chi connectivity index (χ1n) is 11.5. The summed E-state index contributed by atoms with van der Waals surface area (Å²) in [5.41, 5.74) is 3.01. The summed E-state index contributed by atoms with van der Waals surface area (Å²) in [5, 5.41) is 12.2. The molecule has 0 unspecified atom stereocenters. The van der Waals surface area contributed by atoms with Crippen molar-refractivity contribution >= 4 is 28.9 Å². The number of nitrogens with zero attached hydrogens (tertiary/aromatic N) is 5. The number of aryl methyl sites for hydroxylation is 1. The van der Waals surface area contributed by atoms with Gasteiger partial charge in [-0.3, -0.25) is 13.9 Å². The smallest absolute Gasteiger partial charge is 0.193 e. The van der Waals surface area contributed by atoms with Gasteiger partial charge >= 0.3 is 0 Å². The molecular weight excluding hydrogens is 469 g/mol. The lowest BCUT2D eigenvalue weighted by molar-refractivity contribution is 0.102. The van der Waals surface area contributed by atoms with Crippen molar-refractivity contribution < 1.29 is 9.18 Å². The third-order valence-corrected chi connectivity index (χ3v) is 8.09. The first-order chi connectivity index (χ1) is 16.5. The topological polar surface area (TPSA) is 65.6 Å². The molecule has 1 saturated carbocycles. The van der Waals surface area contributed by atoms with E-state index in [1.165, 1.54) is 24.2 Å². The predicted octanol–water partition coefficient (Wildman–Crippen LogP) is 6.43. The third kappa shape index (κ3) is 4.34. The number of aromatic nitrogens is 5. The Balaban J connectivity index is 1.42. The van der Waals surface area contributed by atoms with Crippen molar-refractivity contribution in [2.24, 2.45) is 0 Å². The van der Waals surface area contributed by atoms with Crippen molar-refractivity contribution in [3.05, 3.63) is 64.7 Å². The number of thioether (sulfide) groups is 1. The maximum atomic E-state index is 14.6. The number of carbonyl (C=O) groups excluding carboxylic acids is 1. The molecule has 176 valence electrons. The number of hydrogen-bond donors (Lipinski definition) is 0. The van der Waals surface area contributed by atoms with Crippen molar-refractivity contribution in [3.8, 4) is 16.5 Å². The van der Waals surface area contributed by atoms with E-state index in [1.807, 2.05) is 35.9 Å². The standard InChI is InChI=1S/C25H26FN5OS2/c1-16-14-20(17(2)30(16)24-27-12-13-33-24)22(32)15-34-25-29-28-23(19-10-6-7-11-21(19)26)31(25)18-8-4-3-5-9-18/h6-7,10-14,18H,3-5,8-9,15H2,1-2H3. The fourth-order valence-corrected chi connectivity index (χ4v) is 6.38. The van der Waals surface area contributed by atoms with Gasteiger partial charge in [0, 0.05) is 34.6 Å². The van der Waals surface area contributed by atoms with Crippen LogP contribution in [0.15, 0.2) is 47.1 Å². The Kier molecular flexibility index (Phi) is 6.65. The Morgan fingerprint density at radius 2 is 1.97 bits per heavy atom. The summed E-state index contributed by atoms with van der Waals surface area (Å²) in [5.74, 6) is 0.507. The van der Waals surface area contributed by atoms with Crippen molar-refractivity contribution in [2.75, 3.05) is 5.75 Å². The molecule has 0 aliphatic heterocycles. The summed E-state index contributed by atoms with van der Waals surface area (Å²) < 4.78 is 18.7. The zero-order valence-electron chi connectivity index (χ0n) is 19.2. The van der Waals surface area contributed by atoms with Gasteiger partial charge in [-0.2, -0.15) is 0 Å². The second-order valence-electron chi connectivity index (χ2n) is 8.59. The molecule has 0 atom stereocenters. The van der Waals surface area contributed by atoms with Crippen LogP contribution in [-0.2, 0) is 0 Å². The Hall–Kier alpha value is -2.78. The highest BCUT2D eigenvalue weighted by Gasteiger charge is 2.26. The fourth-order valence-electron chi connectivity index (χ4n) is 4.74. The number of Topliss-reactive ketones (excluding diaryl/α,β-unsaturated/α-hetero) is 1. The molecular formula is C25H26FN5OS2. The summed E-state index contributed by atoms with van der Waals surface area (Å²) in [7, 11) is 0. The van der Waals surface area contributed by atoms with Gasteiger partial charge in [-0.1, -0.05) is 43.2 Å². The minimum Gasteiger partial charge on any atom is -0.299 e. The Bertz CT molecular complexity index is 1310. The van der Waals surface area contributed by atoms with Crippen LogP contribution in [0.3, 0.4) is 0 Å². The van der Waals surface area contributed by atoms with Crippen LogP contribution in [0.2, 0.25) is 0 Å². The first-order valence-corrected chi connectivity index (χ1v) is 13.4. The number of thiazole rings is 1. The Labute approximate surface area is 206 Å². The van der Waals surface area contributed by atoms with Crippen LogP contribution >= 0.6 is 23.1 Å². The van der Waals surface area contributed by atoms with E-state index < -0.39 is 0 Å². The van der Waals surface area contributed by atoms with Gasteiger partial charge in [0.1, 0.15) is 5.82 Å². The molecule has 1 aliphatic rings. The van der Waals surface area contributed by atoms with Crippen LogP contribution in [0, 0.1) is 19.7 Å². The average Bonchev–Trinajstić information content (AvgIpc) is 3.58. The van der Waals surface area contributed by atoms with E-state index in [4.69, 9.17) is 0 Å². The second kappa shape index (κ2) is 9.84. The van der Waals surface area contributed by atoms with Crippen LogP contribution in [0.5, 0.6) is 0 Å². The van der Waals surface area contributed by atoms with Gasteiger partial charge in [0.25, 0.3) is 0 Å². The maximum Gasteiger partial charge on any atom is 0.193 e. The molecule has 3 heterocycles. The highest BCUT2D eigenvalue weighted by molar-refractivity contribution is 7.99. The minimum absolute atomic E-state index is 0.0338. The van der Waals surface area contributed by atoms with E-state index in [9.17, 15) is 9.18 Å². The van der Waals surface area contributed by atoms with Crippen LogP contribution in [0.4, 0.5) is 4.39 Å². The van der Waals surface area contributed by atoms with Crippen LogP contribution in [-0.4, -0.2) is 35.9 Å². The van der Waals surface area contributed by atoms with Gasteiger partial charge in [0.15, 0.2) is 21.9 Å². The van der Waals surface area contributed by atoms with Gasteiger partial charge in [-0.05, 0) is 44.9 Å². The Morgan fingerprint density at radius 3 is 2.71 bits per heavy atom. The lowest BCUT2D eigenvalue weighted by Gasteiger charge is -2.25. The largest absolute Gasteiger partial charge is 0.299 e. The summed E-state index contributed by atoms with van der Waals surface area (Å²) in [4.78, 5) is 17.6. The molecule has 0 saturated heterocycles. The molecule has 5 rings (SSSR count). The maximum absolute atomic E-state index is 14.6. The van der Waals surface area contributed by atoms with Crippen molar-refractivity contribution in [2.45, 2.75) is 57.1 Å². The number of benzene rings is 1. The van der Waals surface area contributed by atoms with Crippen LogP contribution in [0.25, 0.3) is 16.5 Å². The second-order valence-corrected chi connectivity index (χ2v) is 10.4. The molecule has 3 aromatic heterocycles. The zero-order valence-corrected chi connectivity index (χ0v) is 20.8. The van der Waals surface area contributed by atoms with Gasteiger partial charge < -0.3 is 0 Å². The average molecular weight is 496 g/mol. The van der Waals surface area contributed by atoms with E-state index in [-0.39, 0.29) is 23.4 Å². The number of ketones is 1. The SMILES string of the molecule is Cc1cc(C(=O)CSc2nnc(-c3ccccc3F)n2C2CCCCC2)c(C)n1-c1nccs1. The van der Waals surface area contributed by atoms with Crippen LogP contribution in [0.1, 0.15) is 59.9 Å². The van der Waals surface area contributed by atoms with Gasteiger partial charge in [0.05, 0.1) is 11.3 Å². The van der Waals surface area contributed by atoms with Gasteiger partial charge in [0.2, 0.25) is 0 Å². The van der Waals surface area contributed by atoms with E-state index in [2.05, 4.69) is 19.7 Å². The molecule has 1 aromatic carbocycles. The Morgan fingerprint density at radius 1 is 1.18 bits per heavy atom. The molecule has 6 nitrogen and oxygen atoms in total. The number of hydrogen-bond acceptors (Lipinski definition) is 6. The zero-order chi connectivity index (χ0) is 23.7. The molecule has 0 bridgehead atoms. The molecule has 1 fully saturated rings. The molecule has 0 N–H and O–H groups in total. The molecule has 1 aliphatic carbocycles.